The zero-order valence-electron chi connectivity index (χ0n) is 14.2. The van der Waals surface area contributed by atoms with Crippen molar-refractivity contribution in [1.82, 2.24) is 5.32 Å². The van der Waals surface area contributed by atoms with Crippen molar-refractivity contribution < 1.29 is 4.74 Å². The van der Waals surface area contributed by atoms with Crippen molar-refractivity contribution >= 4 is 0 Å². The lowest BCUT2D eigenvalue weighted by Crippen LogP contribution is -2.47. The van der Waals surface area contributed by atoms with Gasteiger partial charge in [0.1, 0.15) is 0 Å². The summed E-state index contributed by atoms with van der Waals surface area (Å²) in [6.07, 6.45) is 9.71. The van der Waals surface area contributed by atoms with Crippen molar-refractivity contribution in [2.24, 2.45) is 5.41 Å². The van der Waals surface area contributed by atoms with Crippen LogP contribution in [0.4, 0.5) is 0 Å². The fourth-order valence-electron chi connectivity index (χ4n) is 2.74. The molecule has 116 valence electrons. The van der Waals surface area contributed by atoms with Crippen molar-refractivity contribution in [3.8, 4) is 0 Å². The van der Waals surface area contributed by atoms with Crippen LogP contribution in [0.15, 0.2) is 0 Å². The Kier molecular flexibility index (Phi) is 10.6. The van der Waals surface area contributed by atoms with Crippen molar-refractivity contribution in [1.29, 1.82) is 0 Å². The molecule has 0 aliphatic carbocycles. The zero-order chi connectivity index (χ0) is 14.7. The van der Waals surface area contributed by atoms with Gasteiger partial charge in [-0.1, -0.05) is 66.2 Å². The first-order chi connectivity index (χ1) is 8.97. The highest BCUT2D eigenvalue weighted by Gasteiger charge is 2.31. The second-order valence-corrected chi connectivity index (χ2v) is 6.69. The van der Waals surface area contributed by atoms with Gasteiger partial charge in [0.05, 0.1) is 6.10 Å². The summed E-state index contributed by atoms with van der Waals surface area (Å²) in [5.74, 6) is 0. The van der Waals surface area contributed by atoms with E-state index in [4.69, 9.17) is 4.74 Å². The van der Waals surface area contributed by atoms with Crippen LogP contribution in [-0.2, 0) is 4.74 Å². The minimum atomic E-state index is 0.200. The van der Waals surface area contributed by atoms with E-state index in [2.05, 4.69) is 47.0 Å². The molecule has 0 bridgehead atoms. The van der Waals surface area contributed by atoms with E-state index in [0.717, 1.165) is 6.61 Å². The second kappa shape index (κ2) is 10.7. The van der Waals surface area contributed by atoms with Gasteiger partial charge in [0, 0.05) is 12.6 Å². The highest BCUT2D eigenvalue weighted by molar-refractivity contribution is 4.85. The standard InChI is InChI=1S/C17H37NO/c1-7-9-10-11-12-13-14-15(18-6)16(19-8-2)17(3,4)5/h15-16,18H,7-14H2,1-6H3. The third-order valence-electron chi connectivity index (χ3n) is 3.80. The molecule has 0 amide bonds. The lowest BCUT2D eigenvalue weighted by atomic mass is 9.82. The van der Waals surface area contributed by atoms with Gasteiger partial charge in [-0.05, 0) is 25.8 Å². The molecule has 2 nitrogen and oxygen atoms in total. The van der Waals surface area contributed by atoms with E-state index in [1.165, 1.54) is 44.9 Å². The van der Waals surface area contributed by atoms with Gasteiger partial charge in [0.25, 0.3) is 0 Å². The highest BCUT2D eigenvalue weighted by Crippen LogP contribution is 2.27. The number of hydrogen-bond acceptors (Lipinski definition) is 2. The lowest BCUT2D eigenvalue weighted by molar-refractivity contribution is -0.0363. The van der Waals surface area contributed by atoms with E-state index in [1.807, 2.05) is 0 Å². The predicted octanol–water partition coefficient (Wildman–Crippen LogP) is 4.78. The lowest BCUT2D eigenvalue weighted by Gasteiger charge is -2.36. The van der Waals surface area contributed by atoms with Crippen LogP contribution in [0.3, 0.4) is 0 Å². The molecule has 0 aromatic heterocycles. The van der Waals surface area contributed by atoms with E-state index < -0.39 is 0 Å². The van der Waals surface area contributed by atoms with Gasteiger partial charge in [-0.2, -0.15) is 0 Å². The molecule has 2 unspecified atom stereocenters. The largest absolute Gasteiger partial charge is 0.376 e. The van der Waals surface area contributed by atoms with Gasteiger partial charge in [-0.15, -0.1) is 0 Å². The third-order valence-corrected chi connectivity index (χ3v) is 3.80. The van der Waals surface area contributed by atoms with Crippen LogP contribution in [0.2, 0.25) is 0 Å². The van der Waals surface area contributed by atoms with Crippen molar-refractivity contribution in [3.63, 3.8) is 0 Å². The van der Waals surface area contributed by atoms with E-state index in [0.29, 0.717) is 12.1 Å². The van der Waals surface area contributed by atoms with Gasteiger partial charge < -0.3 is 10.1 Å². The van der Waals surface area contributed by atoms with Crippen LogP contribution >= 0.6 is 0 Å². The van der Waals surface area contributed by atoms with Crippen LogP contribution in [-0.4, -0.2) is 25.8 Å². The number of hydrogen-bond donors (Lipinski definition) is 1. The van der Waals surface area contributed by atoms with E-state index in [1.54, 1.807) is 0 Å². The smallest absolute Gasteiger partial charge is 0.0775 e. The van der Waals surface area contributed by atoms with Gasteiger partial charge >= 0.3 is 0 Å². The molecule has 0 aliphatic heterocycles. The summed E-state index contributed by atoms with van der Waals surface area (Å²) in [5, 5.41) is 3.47. The summed E-state index contributed by atoms with van der Waals surface area (Å²) in [5.41, 5.74) is 0.200. The summed E-state index contributed by atoms with van der Waals surface area (Å²) >= 11 is 0. The average Bonchev–Trinajstić information content (AvgIpc) is 2.35. The molecule has 19 heavy (non-hydrogen) atoms. The number of nitrogens with one attached hydrogen (secondary N) is 1. The van der Waals surface area contributed by atoms with Crippen LogP contribution < -0.4 is 5.32 Å². The molecular weight excluding hydrogens is 234 g/mol. The minimum absolute atomic E-state index is 0.200. The SMILES string of the molecule is CCCCCCCCC(NC)C(OCC)C(C)(C)C. The van der Waals surface area contributed by atoms with E-state index in [9.17, 15) is 0 Å². The monoisotopic (exact) mass is 271 g/mol. The Bertz CT molecular complexity index is 198. The van der Waals surface area contributed by atoms with Crippen LogP contribution in [0.25, 0.3) is 0 Å². The normalized spacial score (nSPS) is 15.5. The molecule has 0 aromatic rings. The van der Waals surface area contributed by atoms with Gasteiger partial charge in [-0.25, -0.2) is 0 Å². The summed E-state index contributed by atoms with van der Waals surface area (Å²) in [7, 11) is 2.07. The first-order valence-corrected chi connectivity index (χ1v) is 8.26. The maximum absolute atomic E-state index is 5.99. The molecule has 2 heteroatoms. The Hall–Kier alpha value is -0.0800. The maximum atomic E-state index is 5.99. The molecular formula is C17H37NO. The van der Waals surface area contributed by atoms with Crippen molar-refractivity contribution in [2.75, 3.05) is 13.7 Å². The third kappa shape index (κ3) is 8.65. The van der Waals surface area contributed by atoms with E-state index in [-0.39, 0.29) is 5.41 Å². The Morgan fingerprint density at radius 1 is 0.947 bits per heavy atom. The Labute approximate surface area is 121 Å². The quantitative estimate of drug-likeness (QED) is 0.546. The average molecular weight is 271 g/mol. The topological polar surface area (TPSA) is 21.3 Å². The molecule has 0 aromatic carbocycles. The number of unbranched alkanes of at least 4 members (excludes halogenated alkanes) is 5. The molecule has 1 N–H and O–H groups in total. The molecule has 2 atom stereocenters. The van der Waals surface area contributed by atoms with Crippen LogP contribution in [0.1, 0.15) is 79.6 Å². The zero-order valence-corrected chi connectivity index (χ0v) is 14.2. The molecule has 0 spiro atoms. The Morgan fingerprint density at radius 3 is 2.00 bits per heavy atom. The number of ether oxygens (including phenoxy) is 1. The second-order valence-electron chi connectivity index (χ2n) is 6.69. The molecule has 0 aliphatic rings. The van der Waals surface area contributed by atoms with Crippen LogP contribution in [0.5, 0.6) is 0 Å². The fourth-order valence-corrected chi connectivity index (χ4v) is 2.74. The molecule has 0 fully saturated rings. The maximum Gasteiger partial charge on any atom is 0.0775 e. The highest BCUT2D eigenvalue weighted by atomic mass is 16.5. The Morgan fingerprint density at radius 2 is 1.53 bits per heavy atom. The molecule has 0 saturated heterocycles. The molecule has 0 radical (unpaired) electrons. The first kappa shape index (κ1) is 18.9. The number of rotatable bonds is 11. The van der Waals surface area contributed by atoms with Gasteiger partial charge in [-0.3, -0.25) is 0 Å². The van der Waals surface area contributed by atoms with Gasteiger partial charge in [0.15, 0.2) is 0 Å². The van der Waals surface area contributed by atoms with Crippen molar-refractivity contribution in [3.05, 3.63) is 0 Å². The summed E-state index contributed by atoms with van der Waals surface area (Å²) in [4.78, 5) is 0. The molecule has 0 saturated carbocycles. The van der Waals surface area contributed by atoms with Gasteiger partial charge in [0.2, 0.25) is 0 Å². The van der Waals surface area contributed by atoms with Crippen molar-refractivity contribution in [2.45, 2.75) is 91.7 Å². The van der Waals surface area contributed by atoms with Crippen LogP contribution in [0, 0.1) is 5.41 Å². The summed E-state index contributed by atoms with van der Waals surface area (Å²) < 4.78 is 5.99. The summed E-state index contributed by atoms with van der Waals surface area (Å²) in [6, 6.07) is 0.478. The fraction of sp³-hybridized carbons (Fsp3) is 1.00. The Balaban J connectivity index is 4.08. The number of likely N-dealkylation sites (N-methyl/N-ethyl adjacent to an activating group) is 1. The first-order valence-electron chi connectivity index (χ1n) is 8.26. The predicted molar refractivity (Wildman–Crippen MR) is 85.7 cm³/mol. The molecule has 0 heterocycles. The molecule has 0 rings (SSSR count). The summed E-state index contributed by atoms with van der Waals surface area (Å²) in [6.45, 7) is 12.0. The minimum Gasteiger partial charge on any atom is -0.376 e. The van der Waals surface area contributed by atoms with E-state index >= 15 is 0 Å².